The molecule has 1 saturated heterocycles. The first-order valence-electron chi connectivity index (χ1n) is 8.44. The van der Waals surface area contributed by atoms with Crippen LogP contribution >= 0.6 is 0 Å². The summed E-state index contributed by atoms with van der Waals surface area (Å²) < 4.78 is 15.3. The molecule has 0 saturated carbocycles. The van der Waals surface area contributed by atoms with Crippen LogP contribution in [0.15, 0.2) is 18.2 Å². The molecule has 1 aliphatic heterocycles. The van der Waals surface area contributed by atoms with E-state index in [-0.39, 0.29) is 18.0 Å². The number of carbonyl (C=O) groups excluding carboxylic acids is 3. The van der Waals surface area contributed by atoms with Crippen LogP contribution in [-0.2, 0) is 14.3 Å². The standard InChI is InChI=1S/C18H24N2O6/c1-12(18(23)20-6-4-5-7-20)26-16(21)11-19-17(22)13-8-14(24-2)10-15(9-13)25-3/h8-10,12H,4-7,11H2,1-3H3,(H,19,22)/t12-/m0/s1. The van der Waals surface area contributed by atoms with E-state index in [9.17, 15) is 14.4 Å². The van der Waals surface area contributed by atoms with Crippen LogP contribution in [0.25, 0.3) is 0 Å². The van der Waals surface area contributed by atoms with Gasteiger partial charge in [-0.25, -0.2) is 0 Å². The number of nitrogens with one attached hydrogen (secondary N) is 1. The average Bonchev–Trinajstić information content (AvgIpc) is 3.19. The topological polar surface area (TPSA) is 94.2 Å². The van der Waals surface area contributed by atoms with Crippen molar-refractivity contribution in [2.75, 3.05) is 33.9 Å². The van der Waals surface area contributed by atoms with Crippen LogP contribution in [0.4, 0.5) is 0 Å². The van der Waals surface area contributed by atoms with Crippen LogP contribution in [0.3, 0.4) is 0 Å². The van der Waals surface area contributed by atoms with Gasteiger partial charge >= 0.3 is 5.97 Å². The number of likely N-dealkylation sites (tertiary alicyclic amines) is 1. The fourth-order valence-corrected chi connectivity index (χ4v) is 2.68. The minimum absolute atomic E-state index is 0.209. The Bertz CT molecular complexity index is 647. The number of esters is 1. The Balaban J connectivity index is 1.86. The van der Waals surface area contributed by atoms with Gasteiger partial charge in [-0.05, 0) is 31.9 Å². The van der Waals surface area contributed by atoms with E-state index in [1.54, 1.807) is 11.0 Å². The molecular formula is C18H24N2O6. The molecule has 0 unspecified atom stereocenters. The SMILES string of the molecule is COc1cc(OC)cc(C(=O)NCC(=O)O[C@@H](C)C(=O)N2CCCC2)c1. The maximum absolute atomic E-state index is 12.2. The molecule has 1 atom stereocenters. The fraction of sp³-hybridized carbons (Fsp3) is 0.500. The molecule has 2 rings (SSSR count). The van der Waals surface area contributed by atoms with Gasteiger partial charge in [0, 0.05) is 24.7 Å². The van der Waals surface area contributed by atoms with Crippen molar-refractivity contribution >= 4 is 17.8 Å². The molecule has 8 heteroatoms. The van der Waals surface area contributed by atoms with Crippen LogP contribution in [0.5, 0.6) is 11.5 Å². The second kappa shape index (κ2) is 9.07. The van der Waals surface area contributed by atoms with Crippen LogP contribution in [0.1, 0.15) is 30.1 Å². The second-order valence-electron chi connectivity index (χ2n) is 5.95. The number of carbonyl (C=O) groups is 3. The summed E-state index contributed by atoms with van der Waals surface area (Å²) in [6, 6.07) is 4.70. The Labute approximate surface area is 152 Å². The quantitative estimate of drug-likeness (QED) is 0.725. The lowest BCUT2D eigenvalue weighted by molar-refractivity contribution is -0.157. The van der Waals surface area contributed by atoms with Crippen LogP contribution in [0, 0.1) is 0 Å². The van der Waals surface area contributed by atoms with Gasteiger partial charge in [0.2, 0.25) is 0 Å². The first-order valence-corrected chi connectivity index (χ1v) is 8.44. The number of ether oxygens (including phenoxy) is 3. The predicted octanol–water partition coefficient (Wildman–Crippen LogP) is 0.988. The van der Waals surface area contributed by atoms with Gasteiger partial charge in [0.15, 0.2) is 6.10 Å². The third kappa shape index (κ3) is 5.11. The van der Waals surface area contributed by atoms with Gasteiger partial charge in [0.05, 0.1) is 14.2 Å². The van der Waals surface area contributed by atoms with Gasteiger partial charge < -0.3 is 24.4 Å². The highest BCUT2D eigenvalue weighted by Gasteiger charge is 2.26. The Morgan fingerprint density at radius 3 is 2.19 bits per heavy atom. The number of hydrogen-bond acceptors (Lipinski definition) is 6. The summed E-state index contributed by atoms with van der Waals surface area (Å²) in [5.41, 5.74) is 0.287. The van der Waals surface area contributed by atoms with Crippen molar-refractivity contribution in [1.29, 1.82) is 0 Å². The van der Waals surface area contributed by atoms with E-state index in [2.05, 4.69) is 5.32 Å². The third-order valence-electron chi connectivity index (χ3n) is 4.08. The van der Waals surface area contributed by atoms with Crippen LogP contribution < -0.4 is 14.8 Å². The second-order valence-corrected chi connectivity index (χ2v) is 5.95. The lowest BCUT2D eigenvalue weighted by atomic mass is 10.2. The summed E-state index contributed by atoms with van der Waals surface area (Å²) in [6.45, 7) is 2.58. The summed E-state index contributed by atoms with van der Waals surface area (Å²) in [6.07, 6.45) is 1.06. The number of amides is 2. The van der Waals surface area contributed by atoms with E-state index in [4.69, 9.17) is 14.2 Å². The minimum atomic E-state index is -0.866. The zero-order valence-corrected chi connectivity index (χ0v) is 15.2. The summed E-state index contributed by atoms with van der Waals surface area (Å²) in [4.78, 5) is 37.9. The van der Waals surface area contributed by atoms with E-state index >= 15 is 0 Å². The van der Waals surface area contributed by atoms with Crippen LogP contribution in [-0.4, -0.2) is 62.6 Å². The molecule has 1 aliphatic rings. The molecule has 1 aromatic carbocycles. The Morgan fingerprint density at radius 2 is 1.65 bits per heavy atom. The molecule has 2 amide bonds. The summed E-state index contributed by atoms with van der Waals surface area (Å²) in [7, 11) is 2.96. The lowest BCUT2D eigenvalue weighted by Gasteiger charge is -2.20. The smallest absolute Gasteiger partial charge is 0.326 e. The number of nitrogens with zero attached hydrogens (tertiary/aromatic N) is 1. The molecule has 0 radical (unpaired) electrons. The van der Waals surface area contributed by atoms with E-state index in [1.807, 2.05) is 0 Å². The number of rotatable bonds is 7. The number of benzene rings is 1. The van der Waals surface area contributed by atoms with E-state index < -0.39 is 18.0 Å². The molecule has 1 heterocycles. The van der Waals surface area contributed by atoms with Crippen molar-refractivity contribution in [2.45, 2.75) is 25.9 Å². The molecule has 0 aliphatic carbocycles. The highest BCUT2D eigenvalue weighted by atomic mass is 16.5. The van der Waals surface area contributed by atoms with Gasteiger partial charge in [0.1, 0.15) is 18.0 Å². The van der Waals surface area contributed by atoms with Gasteiger partial charge in [-0.1, -0.05) is 0 Å². The highest BCUT2D eigenvalue weighted by Crippen LogP contribution is 2.22. The van der Waals surface area contributed by atoms with Gasteiger partial charge in [-0.15, -0.1) is 0 Å². The van der Waals surface area contributed by atoms with Gasteiger partial charge in [-0.2, -0.15) is 0 Å². The number of methoxy groups -OCH3 is 2. The maximum Gasteiger partial charge on any atom is 0.326 e. The highest BCUT2D eigenvalue weighted by molar-refractivity contribution is 5.97. The lowest BCUT2D eigenvalue weighted by Crippen LogP contribution is -2.40. The van der Waals surface area contributed by atoms with Crippen molar-refractivity contribution in [1.82, 2.24) is 10.2 Å². The Hall–Kier alpha value is -2.77. The first-order chi connectivity index (χ1) is 12.4. The van der Waals surface area contributed by atoms with Crippen molar-refractivity contribution < 1.29 is 28.6 Å². The van der Waals surface area contributed by atoms with Crippen LogP contribution in [0.2, 0.25) is 0 Å². The summed E-state index contributed by atoms with van der Waals surface area (Å²) in [5.74, 6) is -0.436. The summed E-state index contributed by atoms with van der Waals surface area (Å²) in [5, 5.41) is 2.47. The molecule has 1 aromatic rings. The average molecular weight is 364 g/mol. The van der Waals surface area contributed by atoms with Crippen molar-refractivity contribution in [3.63, 3.8) is 0 Å². The van der Waals surface area contributed by atoms with Crippen molar-refractivity contribution in [2.24, 2.45) is 0 Å². The molecule has 142 valence electrons. The molecule has 1 N–H and O–H groups in total. The van der Waals surface area contributed by atoms with Crippen molar-refractivity contribution in [3.8, 4) is 11.5 Å². The van der Waals surface area contributed by atoms with Gasteiger partial charge in [0.25, 0.3) is 11.8 Å². The zero-order valence-electron chi connectivity index (χ0n) is 15.2. The van der Waals surface area contributed by atoms with E-state index in [0.717, 1.165) is 12.8 Å². The first kappa shape index (κ1) is 19.6. The van der Waals surface area contributed by atoms with E-state index in [0.29, 0.717) is 24.6 Å². The van der Waals surface area contributed by atoms with Gasteiger partial charge in [-0.3, -0.25) is 14.4 Å². The fourth-order valence-electron chi connectivity index (χ4n) is 2.68. The third-order valence-corrected chi connectivity index (χ3v) is 4.08. The molecule has 8 nitrogen and oxygen atoms in total. The van der Waals surface area contributed by atoms with E-state index in [1.165, 1.54) is 33.3 Å². The summed E-state index contributed by atoms with van der Waals surface area (Å²) >= 11 is 0. The number of hydrogen-bond donors (Lipinski definition) is 1. The Morgan fingerprint density at radius 1 is 1.08 bits per heavy atom. The molecule has 0 aromatic heterocycles. The molecule has 0 bridgehead atoms. The molecule has 26 heavy (non-hydrogen) atoms. The predicted molar refractivity (Wildman–Crippen MR) is 93.2 cm³/mol. The normalized spacial score (nSPS) is 14.5. The zero-order chi connectivity index (χ0) is 19.1. The Kier molecular flexibility index (Phi) is 6.82. The van der Waals surface area contributed by atoms with Crippen molar-refractivity contribution in [3.05, 3.63) is 23.8 Å². The minimum Gasteiger partial charge on any atom is -0.497 e. The molecular weight excluding hydrogens is 340 g/mol. The molecule has 1 fully saturated rings. The largest absolute Gasteiger partial charge is 0.497 e. The maximum atomic E-state index is 12.2. The molecule has 0 spiro atoms. The monoisotopic (exact) mass is 364 g/mol.